The average Bonchev–Trinajstić information content (AvgIpc) is 3.69. The lowest BCUT2D eigenvalue weighted by molar-refractivity contribution is -0.131. The van der Waals surface area contributed by atoms with E-state index < -0.39 is 17.5 Å². The predicted octanol–water partition coefficient (Wildman–Crippen LogP) is 3.91. The molecule has 3 aromatic rings. The van der Waals surface area contributed by atoms with Crippen molar-refractivity contribution in [3.8, 4) is 5.75 Å². The molecule has 2 fully saturated rings. The number of pyridine rings is 1. The fourth-order valence-corrected chi connectivity index (χ4v) is 7.16. The Morgan fingerprint density at radius 3 is 2.57 bits per heavy atom. The fraction of sp³-hybridized carbons (Fsp3) is 0.395. The van der Waals surface area contributed by atoms with Crippen molar-refractivity contribution in [2.75, 3.05) is 56.9 Å². The van der Waals surface area contributed by atoms with Crippen molar-refractivity contribution in [3.63, 3.8) is 0 Å². The number of hydrogen-bond acceptors (Lipinski definition) is 9. The van der Waals surface area contributed by atoms with E-state index in [-0.39, 0.29) is 34.9 Å². The van der Waals surface area contributed by atoms with Crippen LogP contribution in [0.1, 0.15) is 55.5 Å². The van der Waals surface area contributed by atoms with Crippen molar-refractivity contribution in [1.82, 2.24) is 14.8 Å². The Labute approximate surface area is 297 Å². The zero-order valence-electron chi connectivity index (χ0n) is 29.3. The number of rotatable bonds is 10. The second-order valence-electron chi connectivity index (χ2n) is 13.7. The molecule has 0 saturated carbocycles. The van der Waals surface area contributed by atoms with Gasteiger partial charge in [0, 0.05) is 49.8 Å². The quantitative estimate of drug-likeness (QED) is 0.183. The maximum absolute atomic E-state index is 14.7. The second kappa shape index (κ2) is 15.0. The molecule has 6 rings (SSSR count). The molecule has 2 aromatic carbocycles. The molecular weight excluding hydrogens is 649 g/mol. The number of carbonyl (C=O) groups excluding carboxylic acids is 1. The molecule has 12 nitrogen and oxygen atoms in total. The number of aliphatic hydroxyl groups excluding tert-OH is 1. The van der Waals surface area contributed by atoms with E-state index in [4.69, 9.17) is 21.6 Å². The lowest BCUT2D eigenvalue weighted by Gasteiger charge is -2.32. The van der Waals surface area contributed by atoms with Crippen LogP contribution in [0.3, 0.4) is 0 Å². The van der Waals surface area contributed by atoms with Crippen molar-refractivity contribution in [3.05, 3.63) is 88.9 Å². The van der Waals surface area contributed by atoms with E-state index in [1.807, 2.05) is 47.9 Å². The van der Waals surface area contributed by atoms with Gasteiger partial charge in [0.2, 0.25) is 5.91 Å². The maximum atomic E-state index is 14.7. The number of ether oxygens (including phenoxy) is 1. The molecule has 3 aliphatic heterocycles. The third-order valence-electron chi connectivity index (χ3n) is 9.97. The highest BCUT2D eigenvalue weighted by Crippen LogP contribution is 2.45. The van der Waals surface area contributed by atoms with Gasteiger partial charge in [-0.15, -0.1) is 0 Å². The number of aliphatic hydroxyl groups is 1. The molecule has 1 unspecified atom stereocenters. The average molecular weight is 696 g/mol. The molecule has 1 spiro atoms. The van der Waals surface area contributed by atoms with E-state index in [0.717, 1.165) is 30.4 Å². The third kappa shape index (κ3) is 7.64. The van der Waals surface area contributed by atoms with Crippen molar-refractivity contribution in [2.24, 2.45) is 21.1 Å². The first-order valence-electron chi connectivity index (χ1n) is 17.3. The molecule has 1 aromatic heterocycles. The summed E-state index contributed by atoms with van der Waals surface area (Å²) < 4.78 is 20.2. The summed E-state index contributed by atoms with van der Waals surface area (Å²) in [4.78, 5) is 31.9. The number of nitrogens with zero attached hydrogens (tertiary/aromatic N) is 6. The maximum Gasteiger partial charge on any atom is 0.237 e. The fourth-order valence-electron chi connectivity index (χ4n) is 7.16. The van der Waals surface area contributed by atoms with Crippen LogP contribution in [0.5, 0.6) is 5.75 Å². The van der Waals surface area contributed by atoms with Crippen LogP contribution in [0, 0.1) is 16.6 Å². The Balaban J connectivity index is 1.06. The molecule has 3 aliphatic rings. The molecule has 6 N–H and O–H groups in total. The molecule has 0 bridgehead atoms. The molecule has 2 atom stereocenters. The van der Waals surface area contributed by atoms with Crippen LogP contribution in [0.25, 0.3) is 5.57 Å². The van der Waals surface area contributed by atoms with Gasteiger partial charge in [0.25, 0.3) is 0 Å². The summed E-state index contributed by atoms with van der Waals surface area (Å²) in [5.41, 5.74) is 15.8. The smallest absolute Gasteiger partial charge is 0.237 e. The Morgan fingerprint density at radius 2 is 1.88 bits per heavy atom. The van der Waals surface area contributed by atoms with Gasteiger partial charge in [0.1, 0.15) is 29.9 Å². The van der Waals surface area contributed by atoms with Crippen molar-refractivity contribution in [2.45, 2.75) is 45.4 Å². The summed E-state index contributed by atoms with van der Waals surface area (Å²) in [7, 11) is 1.64. The van der Waals surface area contributed by atoms with Crippen LogP contribution in [0.2, 0.25) is 0 Å². The second-order valence-corrected chi connectivity index (χ2v) is 13.7. The van der Waals surface area contributed by atoms with Gasteiger partial charge in [0.05, 0.1) is 24.0 Å². The number of anilines is 2. The molecule has 0 radical (unpaired) electrons. The van der Waals surface area contributed by atoms with Crippen molar-refractivity contribution >= 4 is 40.9 Å². The van der Waals surface area contributed by atoms with Crippen LogP contribution in [-0.2, 0) is 4.79 Å². The van der Waals surface area contributed by atoms with Crippen LogP contribution in [0.4, 0.5) is 15.9 Å². The highest BCUT2D eigenvalue weighted by molar-refractivity contribution is 6.12. The first-order chi connectivity index (χ1) is 24.5. The molecule has 1 amide bonds. The Kier molecular flexibility index (Phi) is 10.5. The van der Waals surface area contributed by atoms with Crippen LogP contribution >= 0.6 is 0 Å². The molecule has 13 heteroatoms. The van der Waals surface area contributed by atoms with Gasteiger partial charge in [-0.25, -0.2) is 14.4 Å². The number of amidine groups is 1. The van der Waals surface area contributed by atoms with E-state index in [0.29, 0.717) is 56.5 Å². The van der Waals surface area contributed by atoms with Gasteiger partial charge in [-0.3, -0.25) is 20.1 Å². The normalized spacial score (nSPS) is 21.3. The summed E-state index contributed by atoms with van der Waals surface area (Å²) in [6.07, 6.45) is 4.77. The Hall–Kier alpha value is -5.14. The number of nitrogens with two attached hydrogens (primary N) is 2. The van der Waals surface area contributed by atoms with Gasteiger partial charge in [-0.2, -0.15) is 0 Å². The number of likely N-dealkylation sites (tertiary alicyclic amines) is 1. The van der Waals surface area contributed by atoms with E-state index in [1.54, 1.807) is 25.2 Å². The largest absolute Gasteiger partial charge is 0.488 e. The summed E-state index contributed by atoms with van der Waals surface area (Å²) in [5.74, 6) is 0.528. The van der Waals surface area contributed by atoms with Crippen LogP contribution < -0.4 is 21.1 Å². The molecule has 268 valence electrons. The molecule has 51 heavy (non-hydrogen) atoms. The predicted molar refractivity (Wildman–Crippen MR) is 199 cm³/mol. The van der Waals surface area contributed by atoms with E-state index in [9.17, 15) is 14.3 Å². The number of amides is 1. The standard InChI is InChI=1S/C38H46FN9O3/c1-24(2)51-31-10-8-28(20-29(31)39)34(41)35-30(40)9-11-32(45-35)48-19-15-38(37(48)50)14-18-46(22-38)21-33(49)47-16-12-26(13-17-47)25-4-6-27(7-5-25)36(42)44-23-43-3/h4-12,20,23-24,37,41,50H,13-19,21-22,40H2,1-3H3,(H2,42,43,44)/t37?,38-/m0/s1. The highest BCUT2D eigenvalue weighted by Gasteiger charge is 2.51. The minimum absolute atomic E-state index is 0.0234. The number of aromatic nitrogens is 1. The first kappa shape index (κ1) is 35.7. The Bertz CT molecular complexity index is 1880. The monoisotopic (exact) mass is 695 g/mol. The number of hydrogen-bond donors (Lipinski definition) is 4. The van der Waals surface area contributed by atoms with Gasteiger partial charge in [-0.1, -0.05) is 30.3 Å². The van der Waals surface area contributed by atoms with Gasteiger partial charge < -0.3 is 31.1 Å². The van der Waals surface area contributed by atoms with Gasteiger partial charge in [-0.05, 0) is 81.1 Å². The zero-order chi connectivity index (χ0) is 36.3. The van der Waals surface area contributed by atoms with Crippen molar-refractivity contribution in [1.29, 1.82) is 5.41 Å². The lowest BCUT2D eigenvalue weighted by Crippen LogP contribution is -2.44. The topological polar surface area (TPSA) is 170 Å². The number of benzene rings is 2. The van der Waals surface area contributed by atoms with Crippen molar-refractivity contribution < 1.29 is 19.0 Å². The van der Waals surface area contributed by atoms with Crippen LogP contribution in [0.15, 0.2) is 70.7 Å². The number of nitrogen functional groups attached to an aromatic ring is 1. The summed E-state index contributed by atoms with van der Waals surface area (Å²) in [5, 5.41) is 20.4. The molecule has 0 aliphatic carbocycles. The number of aliphatic imine (C=N–C) groups is 2. The van der Waals surface area contributed by atoms with E-state index in [1.165, 1.54) is 24.0 Å². The number of nitrogens with one attached hydrogen (secondary N) is 1. The van der Waals surface area contributed by atoms with Gasteiger partial charge in [0.15, 0.2) is 11.6 Å². The lowest BCUT2D eigenvalue weighted by atomic mass is 9.84. The van der Waals surface area contributed by atoms with E-state index >= 15 is 0 Å². The minimum atomic E-state index is -0.825. The van der Waals surface area contributed by atoms with Gasteiger partial charge >= 0.3 is 0 Å². The van der Waals surface area contributed by atoms with Crippen LogP contribution in [-0.4, -0.2) is 102 Å². The van der Waals surface area contributed by atoms with E-state index in [2.05, 4.69) is 25.9 Å². The zero-order valence-corrected chi connectivity index (χ0v) is 29.3. The highest BCUT2D eigenvalue weighted by atomic mass is 19.1. The molecule has 4 heterocycles. The summed E-state index contributed by atoms with van der Waals surface area (Å²) >= 11 is 0. The Morgan fingerprint density at radius 1 is 1.14 bits per heavy atom. The molecular formula is C38H46FN9O3. The first-order valence-corrected chi connectivity index (χ1v) is 17.3. The number of carbonyl (C=O) groups is 1. The molecule has 2 saturated heterocycles. The minimum Gasteiger partial charge on any atom is -0.488 e. The SMILES string of the molecule is CN=CN=C(N)c1ccc(C2=CCN(C(=O)CN3CC[C@]4(CCN(c5ccc(N)c(C(=N)c6ccc(OC(C)C)c(F)c6)n5)C4O)C3)CC2)cc1. The summed E-state index contributed by atoms with van der Waals surface area (Å²) in [6, 6.07) is 15.7. The third-order valence-corrected chi connectivity index (χ3v) is 9.97. The summed E-state index contributed by atoms with van der Waals surface area (Å²) in [6.45, 7) is 6.98. The number of halogens is 1.